The molecule has 0 saturated heterocycles. The van der Waals surface area contributed by atoms with E-state index >= 15 is 0 Å². The van der Waals surface area contributed by atoms with Crippen LogP contribution in [0.15, 0.2) is 24.4 Å². The molecule has 0 bridgehead atoms. The summed E-state index contributed by atoms with van der Waals surface area (Å²) in [7, 11) is 3.38. The number of rotatable bonds is 6. The van der Waals surface area contributed by atoms with Gasteiger partial charge in [-0.2, -0.15) is 0 Å². The lowest BCUT2D eigenvalue weighted by Gasteiger charge is -2.05. The fourth-order valence-corrected chi connectivity index (χ4v) is 2.62. The number of aromatic nitrogens is 1. The first-order valence-corrected chi connectivity index (χ1v) is 6.90. The highest BCUT2D eigenvalue weighted by Gasteiger charge is 2.06. The number of nitrogens with zero attached hydrogens (tertiary/aromatic N) is 1. The molecule has 2 rings (SSSR count). The number of anilines is 1. The minimum Gasteiger partial charge on any atom is -0.496 e. The van der Waals surface area contributed by atoms with Crippen molar-refractivity contribution < 1.29 is 9.47 Å². The molecular formula is C14H18N2O2S. The largest absolute Gasteiger partial charge is 0.496 e. The van der Waals surface area contributed by atoms with Crippen molar-refractivity contribution in [3.8, 4) is 16.2 Å². The molecule has 2 aromatic rings. The number of ether oxygens (including phenoxy) is 2. The zero-order valence-electron chi connectivity index (χ0n) is 11.4. The summed E-state index contributed by atoms with van der Waals surface area (Å²) in [6.07, 6.45) is 1.89. The van der Waals surface area contributed by atoms with Gasteiger partial charge in [-0.25, -0.2) is 4.98 Å². The molecule has 1 aromatic heterocycles. The van der Waals surface area contributed by atoms with E-state index in [2.05, 4.69) is 22.4 Å². The van der Waals surface area contributed by atoms with Crippen molar-refractivity contribution >= 4 is 16.5 Å². The molecule has 0 radical (unpaired) electrons. The Morgan fingerprint density at radius 3 is 2.84 bits per heavy atom. The lowest BCUT2D eigenvalue weighted by molar-refractivity contribution is 0.211. The average Bonchev–Trinajstić information content (AvgIpc) is 2.88. The summed E-state index contributed by atoms with van der Waals surface area (Å²) >= 11 is 1.64. The van der Waals surface area contributed by atoms with Crippen LogP contribution in [0.4, 0.5) is 5.13 Å². The third kappa shape index (κ3) is 3.45. The Balaban J connectivity index is 2.11. The number of hydrogen-bond acceptors (Lipinski definition) is 5. The Bertz CT molecular complexity index is 540. The van der Waals surface area contributed by atoms with E-state index in [0.717, 1.165) is 33.4 Å². The van der Waals surface area contributed by atoms with Crippen molar-refractivity contribution in [2.75, 3.05) is 32.7 Å². The lowest BCUT2D eigenvalue weighted by Crippen LogP contribution is -2.06. The highest BCUT2D eigenvalue weighted by atomic mass is 32.1. The van der Waals surface area contributed by atoms with Crippen molar-refractivity contribution in [2.24, 2.45) is 0 Å². The standard InChI is InChI=1S/C14H18N2O2S/c1-10-8-11(4-5-12(10)18-3)13-9-16-14(19-13)15-6-7-17-2/h4-5,8-9H,6-7H2,1-3H3,(H,15,16). The van der Waals surface area contributed by atoms with Crippen LogP contribution in [0.5, 0.6) is 5.75 Å². The quantitative estimate of drug-likeness (QED) is 0.824. The fourth-order valence-electron chi connectivity index (χ4n) is 1.78. The molecule has 4 nitrogen and oxygen atoms in total. The van der Waals surface area contributed by atoms with Crippen molar-refractivity contribution in [3.63, 3.8) is 0 Å². The molecule has 1 N–H and O–H groups in total. The highest BCUT2D eigenvalue weighted by molar-refractivity contribution is 7.18. The SMILES string of the molecule is COCCNc1ncc(-c2ccc(OC)c(C)c2)s1. The molecule has 1 aromatic carbocycles. The maximum atomic E-state index is 5.27. The number of thiazole rings is 1. The zero-order chi connectivity index (χ0) is 13.7. The van der Waals surface area contributed by atoms with Gasteiger partial charge in [-0.15, -0.1) is 0 Å². The Kier molecular flexibility index (Phi) is 4.76. The van der Waals surface area contributed by atoms with Gasteiger partial charge in [0.15, 0.2) is 5.13 Å². The molecule has 0 atom stereocenters. The second-order valence-corrected chi connectivity index (χ2v) is 5.16. The third-order valence-corrected chi connectivity index (χ3v) is 3.77. The molecular weight excluding hydrogens is 260 g/mol. The smallest absolute Gasteiger partial charge is 0.183 e. The summed E-state index contributed by atoms with van der Waals surface area (Å²) in [5, 5.41) is 4.15. The minimum absolute atomic E-state index is 0.677. The highest BCUT2D eigenvalue weighted by Crippen LogP contribution is 2.31. The van der Waals surface area contributed by atoms with Crippen molar-refractivity contribution in [3.05, 3.63) is 30.0 Å². The van der Waals surface area contributed by atoms with Gasteiger partial charge in [-0.3, -0.25) is 0 Å². The van der Waals surface area contributed by atoms with Gasteiger partial charge in [-0.1, -0.05) is 11.3 Å². The molecule has 5 heteroatoms. The van der Waals surface area contributed by atoms with Gasteiger partial charge < -0.3 is 14.8 Å². The third-order valence-electron chi connectivity index (χ3n) is 2.77. The van der Waals surface area contributed by atoms with Crippen LogP contribution < -0.4 is 10.1 Å². The van der Waals surface area contributed by atoms with E-state index in [1.165, 1.54) is 0 Å². The summed E-state index contributed by atoms with van der Waals surface area (Å²) in [6, 6.07) is 6.16. The van der Waals surface area contributed by atoms with E-state index in [1.807, 2.05) is 19.2 Å². The summed E-state index contributed by atoms with van der Waals surface area (Å²) < 4.78 is 10.3. The van der Waals surface area contributed by atoms with E-state index in [0.29, 0.717) is 6.61 Å². The van der Waals surface area contributed by atoms with Gasteiger partial charge in [0, 0.05) is 19.9 Å². The number of aryl methyl sites for hydroxylation is 1. The molecule has 0 spiro atoms. The van der Waals surface area contributed by atoms with Gasteiger partial charge in [0.2, 0.25) is 0 Å². The molecule has 0 unspecified atom stereocenters. The average molecular weight is 278 g/mol. The molecule has 0 aliphatic carbocycles. The van der Waals surface area contributed by atoms with Crippen LogP contribution in [0.25, 0.3) is 10.4 Å². The molecule has 0 aliphatic rings. The Morgan fingerprint density at radius 1 is 1.32 bits per heavy atom. The van der Waals surface area contributed by atoms with E-state index in [-0.39, 0.29) is 0 Å². The van der Waals surface area contributed by atoms with Crippen LogP contribution in [0.1, 0.15) is 5.56 Å². The Morgan fingerprint density at radius 2 is 2.16 bits per heavy atom. The maximum absolute atomic E-state index is 5.27. The first-order chi connectivity index (χ1) is 9.24. The molecule has 0 fully saturated rings. The number of nitrogens with one attached hydrogen (secondary N) is 1. The second-order valence-electron chi connectivity index (χ2n) is 4.13. The second kappa shape index (κ2) is 6.54. The Labute approximate surface area is 117 Å². The van der Waals surface area contributed by atoms with Crippen LogP contribution in [0.3, 0.4) is 0 Å². The summed E-state index contributed by atoms with van der Waals surface area (Å²) in [6.45, 7) is 3.49. The van der Waals surface area contributed by atoms with E-state index in [4.69, 9.17) is 9.47 Å². The molecule has 102 valence electrons. The van der Waals surface area contributed by atoms with Crippen molar-refractivity contribution in [2.45, 2.75) is 6.92 Å². The lowest BCUT2D eigenvalue weighted by atomic mass is 10.1. The summed E-state index contributed by atoms with van der Waals surface area (Å²) in [5.41, 5.74) is 2.29. The van der Waals surface area contributed by atoms with Gasteiger partial charge in [0.1, 0.15) is 5.75 Å². The van der Waals surface area contributed by atoms with E-state index in [1.54, 1.807) is 25.6 Å². The topological polar surface area (TPSA) is 43.4 Å². The van der Waals surface area contributed by atoms with Gasteiger partial charge in [0.25, 0.3) is 0 Å². The maximum Gasteiger partial charge on any atom is 0.183 e. The number of methoxy groups -OCH3 is 2. The molecule has 0 saturated carbocycles. The number of benzene rings is 1. The first-order valence-electron chi connectivity index (χ1n) is 6.08. The summed E-state index contributed by atoms with van der Waals surface area (Å²) in [5.74, 6) is 0.909. The first kappa shape index (κ1) is 13.8. The van der Waals surface area contributed by atoms with Gasteiger partial charge in [0.05, 0.1) is 18.6 Å². The van der Waals surface area contributed by atoms with Gasteiger partial charge >= 0.3 is 0 Å². The van der Waals surface area contributed by atoms with E-state index < -0.39 is 0 Å². The summed E-state index contributed by atoms with van der Waals surface area (Å²) in [4.78, 5) is 5.50. The van der Waals surface area contributed by atoms with Crippen LogP contribution in [-0.4, -0.2) is 32.4 Å². The molecule has 1 heterocycles. The van der Waals surface area contributed by atoms with Crippen LogP contribution in [0, 0.1) is 6.92 Å². The van der Waals surface area contributed by atoms with Crippen molar-refractivity contribution in [1.82, 2.24) is 4.98 Å². The fraction of sp³-hybridized carbons (Fsp3) is 0.357. The van der Waals surface area contributed by atoms with Crippen molar-refractivity contribution in [1.29, 1.82) is 0 Å². The molecule has 0 amide bonds. The number of hydrogen-bond donors (Lipinski definition) is 1. The van der Waals surface area contributed by atoms with Gasteiger partial charge in [-0.05, 0) is 36.2 Å². The Hall–Kier alpha value is -1.59. The predicted octanol–water partition coefficient (Wildman–Crippen LogP) is 3.19. The molecule has 0 aliphatic heterocycles. The normalized spacial score (nSPS) is 10.5. The van der Waals surface area contributed by atoms with Crippen LogP contribution >= 0.6 is 11.3 Å². The van der Waals surface area contributed by atoms with Crippen LogP contribution in [0.2, 0.25) is 0 Å². The molecule has 19 heavy (non-hydrogen) atoms. The predicted molar refractivity (Wildman–Crippen MR) is 79.2 cm³/mol. The zero-order valence-corrected chi connectivity index (χ0v) is 12.2. The monoisotopic (exact) mass is 278 g/mol. The van der Waals surface area contributed by atoms with E-state index in [9.17, 15) is 0 Å². The minimum atomic E-state index is 0.677. The van der Waals surface area contributed by atoms with Crippen LogP contribution in [-0.2, 0) is 4.74 Å².